The zero-order chi connectivity index (χ0) is 14.7. The fourth-order valence-electron chi connectivity index (χ4n) is 2.68. The number of nitrogens with one attached hydrogen (secondary N) is 2. The van der Waals surface area contributed by atoms with Crippen molar-refractivity contribution in [3.05, 3.63) is 24.3 Å². The quantitative estimate of drug-likeness (QED) is 0.819. The van der Waals surface area contributed by atoms with Crippen molar-refractivity contribution in [3.63, 3.8) is 0 Å². The molecule has 5 heteroatoms. The molecule has 0 saturated heterocycles. The highest BCUT2D eigenvalue weighted by molar-refractivity contribution is 5.89. The molecule has 2 N–H and O–H groups in total. The van der Waals surface area contributed by atoms with Crippen LogP contribution in [-0.4, -0.2) is 47.6 Å². The summed E-state index contributed by atoms with van der Waals surface area (Å²) in [5, 5.41) is 7.58. The molecule has 0 unspecified atom stereocenters. The van der Waals surface area contributed by atoms with Gasteiger partial charge in [0.05, 0.1) is 5.52 Å². The standard InChI is InChI=1S/C16H23N5/c1-3-21(12-8-9-12)11-10-18-15-13-6-4-5-7-14(13)19-16(17-2)20-15/h4-7,12H,3,8-11H2,1-2H3,(H2,17,18,19,20). The summed E-state index contributed by atoms with van der Waals surface area (Å²) >= 11 is 0. The molecular weight excluding hydrogens is 262 g/mol. The lowest BCUT2D eigenvalue weighted by atomic mass is 10.2. The van der Waals surface area contributed by atoms with E-state index in [0.29, 0.717) is 5.95 Å². The summed E-state index contributed by atoms with van der Waals surface area (Å²) < 4.78 is 0. The van der Waals surface area contributed by atoms with E-state index in [1.807, 2.05) is 25.2 Å². The zero-order valence-electron chi connectivity index (χ0n) is 12.8. The van der Waals surface area contributed by atoms with Crippen LogP contribution in [0.4, 0.5) is 11.8 Å². The van der Waals surface area contributed by atoms with Crippen LogP contribution in [-0.2, 0) is 0 Å². The molecule has 0 aliphatic heterocycles. The molecule has 0 spiro atoms. The first-order chi connectivity index (χ1) is 10.3. The van der Waals surface area contributed by atoms with Crippen molar-refractivity contribution >= 4 is 22.7 Å². The molecule has 0 amide bonds. The third kappa shape index (κ3) is 3.24. The number of likely N-dealkylation sites (N-methyl/N-ethyl adjacent to an activating group) is 1. The van der Waals surface area contributed by atoms with Crippen molar-refractivity contribution in [3.8, 4) is 0 Å². The van der Waals surface area contributed by atoms with Crippen molar-refractivity contribution in [1.29, 1.82) is 0 Å². The van der Waals surface area contributed by atoms with Crippen molar-refractivity contribution in [1.82, 2.24) is 14.9 Å². The van der Waals surface area contributed by atoms with E-state index >= 15 is 0 Å². The highest BCUT2D eigenvalue weighted by atomic mass is 15.2. The van der Waals surface area contributed by atoms with Gasteiger partial charge in [-0.15, -0.1) is 0 Å². The Bertz CT molecular complexity index is 609. The van der Waals surface area contributed by atoms with Gasteiger partial charge in [-0.1, -0.05) is 19.1 Å². The average molecular weight is 285 g/mol. The van der Waals surface area contributed by atoms with Crippen LogP contribution < -0.4 is 10.6 Å². The van der Waals surface area contributed by atoms with Crippen LogP contribution >= 0.6 is 0 Å². The van der Waals surface area contributed by atoms with Crippen LogP contribution in [0.15, 0.2) is 24.3 Å². The third-order valence-electron chi connectivity index (χ3n) is 3.99. The first-order valence-electron chi connectivity index (χ1n) is 7.74. The number of rotatable bonds is 7. The highest BCUT2D eigenvalue weighted by Crippen LogP contribution is 2.26. The van der Waals surface area contributed by atoms with Crippen molar-refractivity contribution < 1.29 is 0 Å². The second kappa shape index (κ2) is 6.26. The van der Waals surface area contributed by atoms with Crippen LogP contribution in [0.3, 0.4) is 0 Å². The number of hydrogen-bond donors (Lipinski definition) is 2. The minimum atomic E-state index is 0.658. The molecule has 0 radical (unpaired) electrons. The maximum Gasteiger partial charge on any atom is 0.224 e. The Morgan fingerprint density at radius 3 is 2.76 bits per heavy atom. The van der Waals surface area contributed by atoms with Gasteiger partial charge in [0.25, 0.3) is 0 Å². The van der Waals surface area contributed by atoms with Gasteiger partial charge in [0.15, 0.2) is 0 Å². The Hall–Kier alpha value is -1.88. The molecule has 2 aromatic rings. The van der Waals surface area contributed by atoms with Gasteiger partial charge in [-0.2, -0.15) is 4.98 Å². The zero-order valence-corrected chi connectivity index (χ0v) is 12.8. The maximum absolute atomic E-state index is 4.55. The summed E-state index contributed by atoms with van der Waals surface area (Å²) in [6.45, 7) is 5.33. The fraction of sp³-hybridized carbons (Fsp3) is 0.500. The number of anilines is 2. The van der Waals surface area contributed by atoms with E-state index in [4.69, 9.17) is 0 Å². The molecule has 21 heavy (non-hydrogen) atoms. The van der Waals surface area contributed by atoms with E-state index in [2.05, 4.69) is 38.5 Å². The van der Waals surface area contributed by atoms with Gasteiger partial charge in [0, 0.05) is 31.6 Å². The minimum Gasteiger partial charge on any atom is -0.368 e. The second-order valence-corrected chi connectivity index (χ2v) is 5.45. The summed E-state index contributed by atoms with van der Waals surface area (Å²) in [5.41, 5.74) is 0.967. The predicted molar refractivity (Wildman–Crippen MR) is 87.8 cm³/mol. The normalized spacial score (nSPS) is 14.6. The molecule has 1 aliphatic rings. The van der Waals surface area contributed by atoms with E-state index in [1.54, 1.807) is 0 Å². The lowest BCUT2D eigenvalue weighted by Crippen LogP contribution is -2.31. The summed E-state index contributed by atoms with van der Waals surface area (Å²) in [4.78, 5) is 11.6. The van der Waals surface area contributed by atoms with E-state index in [-0.39, 0.29) is 0 Å². The molecule has 1 saturated carbocycles. The number of fused-ring (bicyclic) bond motifs is 1. The van der Waals surface area contributed by atoms with Gasteiger partial charge in [0.2, 0.25) is 5.95 Å². The minimum absolute atomic E-state index is 0.658. The van der Waals surface area contributed by atoms with Crippen LogP contribution in [0.25, 0.3) is 10.9 Å². The van der Waals surface area contributed by atoms with E-state index in [0.717, 1.165) is 42.4 Å². The Balaban J connectivity index is 1.73. The summed E-state index contributed by atoms with van der Waals surface area (Å²) in [6.07, 6.45) is 2.71. The van der Waals surface area contributed by atoms with E-state index in [9.17, 15) is 0 Å². The van der Waals surface area contributed by atoms with Gasteiger partial charge in [-0.05, 0) is 31.5 Å². The van der Waals surface area contributed by atoms with Crippen LogP contribution in [0.5, 0.6) is 0 Å². The molecule has 5 nitrogen and oxygen atoms in total. The molecule has 1 aromatic carbocycles. The maximum atomic E-state index is 4.55. The lowest BCUT2D eigenvalue weighted by Gasteiger charge is -2.20. The molecule has 0 bridgehead atoms. The molecule has 0 atom stereocenters. The van der Waals surface area contributed by atoms with Crippen molar-refractivity contribution in [2.45, 2.75) is 25.8 Å². The SMILES string of the molecule is CCN(CCNc1nc(NC)nc2ccccc12)C1CC1. The molecule has 112 valence electrons. The molecule has 1 aliphatic carbocycles. The number of hydrogen-bond acceptors (Lipinski definition) is 5. The number of benzene rings is 1. The molecule has 1 aromatic heterocycles. The summed E-state index contributed by atoms with van der Waals surface area (Å²) in [5.74, 6) is 1.57. The number of nitrogens with zero attached hydrogens (tertiary/aromatic N) is 3. The Morgan fingerprint density at radius 1 is 1.24 bits per heavy atom. The molecule has 3 rings (SSSR count). The third-order valence-corrected chi connectivity index (χ3v) is 3.99. The van der Waals surface area contributed by atoms with Gasteiger partial charge >= 0.3 is 0 Å². The second-order valence-electron chi connectivity index (χ2n) is 5.45. The Kier molecular flexibility index (Phi) is 4.20. The molecule has 1 fully saturated rings. The number of para-hydroxylation sites is 1. The van der Waals surface area contributed by atoms with Crippen molar-refractivity contribution in [2.75, 3.05) is 37.3 Å². The monoisotopic (exact) mass is 285 g/mol. The van der Waals surface area contributed by atoms with Crippen LogP contribution in [0.2, 0.25) is 0 Å². The lowest BCUT2D eigenvalue weighted by molar-refractivity contribution is 0.289. The molecule has 1 heterocycles. The fourth-order valence-corrected chi connectivity index (χ4v) is 2.68. The predicted octanol–water partition coefficient (Wildman–Crippen LogP) is 2.57. The first-order valence-corrected chi connectivity index (χ1v) is 7.74. The largest absolute Gasteiger partial charge is 0.368 e. The van der Waals surface area contributed by atoms with Crippen LogP contribution in [0.1, 0.15) is 19.8 Å². The Morgan fingerprint density at radius 2 is 2.05 bits per heavy atom. The van der Waals surface area contributed by atoms with Gasteiger partial charge in [-0.3, -0.25) is 4.90 Å². The van der Waals surface area contributed by atoms with Gasteiger partial charge in [-0.25, -0.2) is 4.98 Å². The number of aromatic nitrogens is 2. The van der Waals surface area contributed by atoms with Crippen LogP contribution in [0, 0.1) is 0 Å². The average Bonchev–Trinajstić information content (AvgIpc) is 3.36. The van der Waals surface area contributed by atoms with E-state index < -0.39 is 0 Å². The first kappa shape index (κ1) is 14.1. The van der Waals surface area contributed by atoms with Gasteiger partial charge < -0.3 is 10.6 Å². The smallest absolute Gasteiger partial charge is 0.224 e. The topological polar surface area (TPSA) is 53.1 Å². The molecular formula is C16H23N5. The Labute approximate surface area is 125 Å². The summed E-state index contributed by atoms with van der Waals surface area (Å²) in [7, 11) is 1.85. The van der Waals surface area contributed by atoms with Gasteiger partial charge in [0.1, 0.15) is 5.82 Å². The van der Waals surface area contributed by atoms with E-state index in [1.165, 1.54) is 12.8 Å². The summed E-state index contributed by atoms with van der Waals surface area (Å²) in [6, 6.07) is 8.93. The van der Waals surface area contributed by atoms with Crippen molar-refractivity contribution in [2.24, 2.45) is 0 Å². The highest BCUT2D eigenvalue weighted by Gasteiger charge is 2.27.